The number of anilines is 2. The minimum Gasteiger partial charge on any atom is -0.472 e. The lowest BCUT2D eigenvalue weighted by Crippen LogP contribution is -2.38. The van der Waals surface area contributed by atoms with E-state index in [4.69, 9.17) is 4.42 Å². The van der Waals surface area contributed by atoms with Crippen molar-refractivity contribution in [1.82, 2.24) is 5.32 Å². The van der Waals surface area contributed by atoms with Gasteiger partial charge in [0.1, 0.15) is 12.3 Å². The molecule has 0 bridgehead atoms. The SMILES string of the molecule is C[C@@H](Nc1cccc(NC(=O)c2ccoc2)c1)C(=O)NC1CC1. The summed E-state index contributed by atoms with van der Waals surface area (Å²) in [6.07, 6.45) is 4.97. The molecule has 1 atom stereocenters. The quantitative estimate of drug-likeness (QED) is 0.765. The van der Waals surface area contributed by atoms with Crippen LogP contribution in [0.2, 0.25) is 0 Å². The van der Waals surface area contributed by atoms with Crippen LogP contribution in [0.4, 0.5) is 11.4 Å². The Hall–Kier alpha value is -2.76. The Bertz CT molecular complexity index is 693. The zero-order chi connectivity index (χ0) is 16.2. The van der Waals surface area contributed by atoms with Gasteiger partial charge < -0.3 is 20.4 Å². The van der Waals surface area contributed by atoms with Gasteiger partial charge in [0.05, 0.1) is 11.8 Å². The van der Waals surface area contributed by atoms with Crippen LogP contribution in [0.15, 0.2) is 47.3 Å². The number of rotatable bonds is 6. The molecule has 1 aliphatic rings. The molecule has 2 amide bonds. The number of benzene rings is 1. The first kappa shape index (κ1) is 15.1. The zero-order valence-corrected chi connectivity index (χ0v) is 12.8. The van der Waals surface area contributed by atoms with Gasteiger partial charge in [-0.2, -0.15) is 0 Å². The molecule has 1 saturated carbocycles. The van der Waals surface area contributed by atoms with Gasteiger partial charge in [0.15, 0.2) is 0 Å². The van der Waals surface area contributed by atoms with Gasteiger partial charge in [0.25, 0.3) is 5.91 Å². The molecule has 0 unspecified atom stereocenters. The van der Waals surface area contributed by atoms with Crippen molar-refractivity contribution in [2.24, 2.45) is 0 Å². The Balaban J connectivity index is 1.60. The highest BCUT2D eigenvalue weighted by Crippen LogP contribution is 2.20. The largest absolute Gasteiger partial charge is 0.472 e. The minimum absolute atomic E-state index is 0.0136. The number of carbonyl (C=O) groups excluding carboxylic acids is 2. The molecule has 1 aliphatic carbocycles. The Labute approximate surface area is 134 Å². The highest BCUT2D eigenvalue weighted by Gasteiger charge is 2.25. The van der Waals surface area contributed by atoms with E-state index in [0.29, 0.717) is 17.3 Å². The van der Waals surface area contributed by atoms with E-state index >= 15 is 0 Å². The monoisotopic (exact) mass is 313 g/mol. The lowest BCUT2D eigenvalue weighted by atomic mass is 10.2. The summed E-state index contributed by atoms with van der Waals surface area (Å²) in [5.74, 6) is -0.254. The average Bonchev–Trinajstić information content (AvgIpc) is 3.16. The summed E-state index contributed by atoms with van der Waals surface area (Å²) >= 11 is 0. The van der Waals surface area contributed by atoms with Crippen LogP contribution in [-0.4, -0.2) is 23.9 Å². The maximum atomic E-state index is 12.0. The van der Waals surface area contributed by atoms with Gasteiger partial charge in [-0.15, -0.1) is 0 Å². The third-order valence-electron chi connectivity index (χ3n) is 3.60. The first-order chi connectivity index (χ1) is 11.1. The van der Waals surface area contributed by atoms with E-state index in [1.807, 2.05) is 19.1 Å². The van der Waals surface area contributed by atoms with Crippen molar-refractivity contribution in [1.29, 1.82) is 0 Å². The van der Waals surface area contributed by atoms with E-state index < -0.39 is 0 Å². The molecule has 120 valence electrons. The van der Waals surface area contributed by atoms with Crippen LogP contribution < -0.4 is 16.0 Å². The molecule has 6 nitrogen and oxygen atoms in total. The molecular formula is C17H19N3O3. The zero-order valence-electron chi connectivity index (χ0n) is 12.8. The van der Waals surface area contributed by atoms with Gasteiger partial charge in [-0.1, -0.05) is 6.07 Å². The van der Waals surface area contributed by atoms with Gasteiger partial charge in [0, 0.05) is 17.4 Å². The molecule has 1 aromatic heterocycles. The fraction of sp³-hybridized carbons (Fsp3) is 0.294. The molecule has 1 aromatic carbocycles. The second-order valence-electron chi connectivity index (χ2n) is 5.70. The molecule has 3 N–H and O–H groups in total. The molecular weight excluding hydrogens is 294 g/mol. The second-order valence-corrected chi connectivity index (χ2v) is 5.70. The summed E-state index contributed by atoms with van der Waals surface area (Å²) in [6.45, 7) is 1.81. The fourth-order valence-electron chi connectivity index (χ4n) is 2.15. The van der Waals surface area contributed by atoms with Crippen molar-refractivity contribution in [2.45, 2.75) is 31.8 Å². The molecule has 0 spiro atoms. The number of hydrogen-bond donors (Lipinski definition) is 3. The third kappa shape index (κ3) is 4.12. The van der Waals surface area contributed by atoms with E-state index in [-0.39, 0.29) is 17.9 Å². The van der Waals surface area contributed by atoms with Crippen molar-refractivity contribution in [2.75, 3.05) is 10.6 Å². The highest BCUT2D eigenvalue weighted by atomic mass is 16.3. The average molecular weight is 313 g/mol. The Kier molecular flexibility index (Phi) is 4.32. The number of furan rings is 1. The van der Waals surface area contributed by atoms with Crippen LogP contribution in [0.5, 0.6) is 0 Å². The first-order valence-electron chi connectivity index (χ1n) is 7.62. The number of amides is 2. The molecule has 1 heterocycles. The standard InChI is InChI=1S/C17H19N3O3/c1-11(16(21)19-13-5-6-13)18-14-3-2-4-15(9-14)20-17(22)12-7-8-23-10-12/h2-4,7-11,13,18H,5-6H2,1H3,(H,19,21)(H,20,22)/t11-/m1/s1. The van der Waals surface area contributed by atoms with E-state index in [1.165, 1.54) is 12.5 Å². The molecule has 1 fully saturated rings. The van der Waals surface area contributed by atoms with Crippen LogP contribution in [0, 0.1) is 0 Å². The molecule has 6 heteroatoms. The van der Waals surface area contributed by atoms with E-state index in [9.17, 15) is 9.59 Å². The maximum Gasteiger partial charge on any atom is 0.258 e. The van der Waals surface area contributed by atoms with E-state index in [0.717, 1.165) is 18.5 Å². The fourth-order valence-corrected chi connectivity index (χ4v) is 2.15. The molecule has 3 rings (SSSR count). The predicted molar refractivity (Wildman–Crippen MR) is 87.4 cm³/mol. The topological polar surface area (TPSA) is 83.4 Å². The van der Waals surface area contributed by atoms with E-state index in [1.54, 1.807) is 18.2 Å². The van der Waals surface area contributed by atoms with Crippen LogP contribution in [0.3, 0.4) is 0 Å². The van der Waals surface area contributed by atoms with Gasteiger partial charge in [-0.25, -0.2) is 0 Å². The van der Waals surface area contributed by atoms with Gasteiger partial charge in [0.2, 0.25) is 5.91 Å². The van der Waals surface area contributed by atoms with Crippen LogP contribution in [-0.2, 0) is 4.79 Å². The van der Waals surface area contributed by atoms with Crippen LogP contribution in [0.25, 0.3) is 0 Å². The maximum absolute atomic E-state index is 12.0. The number of nitrogens with one attached hydrogen (secondary N) is 3. The lowest BCUT2D eigenvalue weighted by molar-refractivity contribution is -0.121. The molecule has 0 aliphatic heterocycles. The third-order valence-corrected chi connectivity index (χ3v) is 3.60. The van der Waals surface area contributed by atoms with Crippen molar-refractivity contribution < 1.29 is 14.0 Å². The minimum atomic E-state index is -0.338. The highest BCUT2D eigenvalue weighted by molar-refractivity contribution is 6.04. The number of carbonyl (C=O) groups is 2. The Morgan fingerprint density at radius 2 is 2.00 bits per heavy atom. The van der Waals surface area contributed by atoms with Crippen molar-refractivity contribution in [3.8, 4) is 0 Å². The number of hydrogen-bond acceptors (Lipinski definition) is 4. The van der Waals surface area contributed by atoms with Gasteiger partial charge in [-0.3, -0.25) is 9.59 Å². The molecule has 23 heavy (non-hydrogen) atoms. The van der Waals surface area contributed by atoms with Gasteiger partial charge in [-0.05, 0) is 44.0 Å². The van der Waals surface area contributed by atoms with Crippen molar-refractivity contribution in [3.63, 3.8) is 0 Å². The van der Waals surface area contributed by atoms with Crippen LogP contribution in [0.1, 0.15) is 30.1 Å². The first-order valence-corrected chi connectivity index (χ1v) is 7.62. The predicted octanol–water partition coefficient (Wildman–Crippen LogP) is 2.61. The summed E-state index contributed by atoms with van der Waals surface area (Å²) in [6, 6.07) is 8.86. The van der Waals surface area contributed by atoms with Crippen LogP contribution >= 0.6 is 0 Å². The summed E-state index contributed by atoms with van der Waals surface area (Å²) in [5, 5.41) is 8.89. The molecule has 2 aromatic rings. The van der Waals surface area contributed by atoms with E-state index in [2.05, 4.69) is 16.0 Å². The molecule has 0 saturated heterocycles. The van der Waals surface area contributed by atoms with Crippen molar-refractivity contribution >= 4 is 23.2 Å². The Morgan fingerprint density at radius 3 is 2.70 bits per heavy atom. The smallest absolute Gasteiger partial charge is 0.258 e. The normalized spacial score (nSPS) is 14.8. The summed E-state index contributed by atoms with van der Waals surface area (Å²) in [4.78, 5) is 24.0. The van der Waals surface area contributed by atoms with Crippen molar-refractivity contribution in [3.05, 3.63) is 48.4 Å². The second kappa shape index (κ2) is 6.56. The lowest BCUT2D eigenvalue weighted by Gasteiger charge is -2.16. The summed E-state index contributed by atoms with van der Waals surface area (Å²) in [5.41, 5.74) is 1.88. The Morgan fingerprint density at radius 1 is 1.22 bits per heavy atom. The molecule has 0 radical (unpaired) electrons. The summed E-state index contributed by atoms with van der Waals surface area (Å²) in [7, 11) is 0. The summed E-state index contributed by atoms with van der Waals surface area (Å²) < 4.78 is 4.90. The van der Waals surface area contributed by atoms with Gasteiger partial charge >= 0.3 is 0 Å².